The SMILES string of the molecule is CCCNC(=O)N1CCN(c2cccc(OCC)c2)C(=O)C1C. The molecule has 0 aromatic heterocycles. The highest BCUT2D eigenvalue weighted by Crippen LogP contribution is 2.24. The molecule has 1 saturated heterocycles. The highest BCUT2D eigenvalue weighted by molar-refractivity contribution is 6.00. The Morgan fingerprint density at radius 1 is 1.35 bits per heavy atom. The number of hydrogen-bond donors (Lipinski definition) is 1. The molecule has 2 rings (SSSR count). The van der Waals surface area contributed by atoms with Crippen LogP contribution in [0.4, 0.5) is 10.5 Å². The van der Waals surface area contributed by atoms with Crippen LogP contribution >= 0.6 is 0 Å². The van der Waals surface area contributed by atoms with Crippen LogP contribution in [-0.2, 0) is 4.79 Å². The summed E-state index contributed by atoms with van der Waals surface area (Å²) >= 11 is 0. The van der Waals surface area contributed by atoms with Crippen LogP contribution in [0.2, 0.25) is 0 Å². The zero-order valence-corrected chi connectivity index (χ0v) is 14.0. The van der Waals surface area contributed by atoms with Crippen LogP contribution in [0.5, 0.6) is 5.75 Å². The van der Waals surface area contributed by atoms with Gasteiger partial charge in [-0.05, 0) is 32.4 Å². The highest BCUT2D eigenvalue weighted by atomic mass is 16.5. The van der Waals surface area contributed by atoms with Gasteiger partial charge in [-0.1, -0.05) is 13.0 Å². The molecule has 0 radical (unpaired) electrons. The maximum absolute atomic E-state index is 12.6. The van der Waals surface area contributed by atoms with Crippen molar-refractivity contribution in [3.63, 3.8) is 0 Å². The zero-order chi connectivity index (χ0) is 16.8. The van der Waals surface area contributed by atoms with Crippen LogP contribution in [0, 0.1) is 0 Å². The number of benzene rings is 1. The minimum atomic E-state index is -0.476. The molecule has 0 spiro atoms. The Bertz CT molecular complexity index is 562. The first-order chi connectivity index (χ1) is 11.1. The van der Waals surface area contributed by atoms with Crippen LogP contribution in [0.3, 0.4) is 0 Å². The number of rotatable bonds is 5. The third-order valence-corrected chi connectivity index (χ3v) is 3.88. The maximum Gasteiger partial charge on any atom is 0.318 e. The van der Waals surface area contributed by atoms with Crippen molar-refractivity contribution in [3.05, 3.63) is 24.3 Å². The second-order valence-electron chi connectivity index (χ2n) is 5.52. The van der Waals surface area contributed by atoms with Crippen molar-refractivity contribution in [1.29, 1.82) is 0 Å². The molecule has 6 nitrogen and oxygen atoms in total. The van der Waals surface area contributed by atoms with E-state index in [4.69, 9.17) is 4.74 Å². The Labute approximate surface area is 137 Å². The molecule has 0 saturated carbocycles. The van der Waals surface area contributed by atoms with E-state index in [-0.39, 0.29) is 11.9 Å². The summed E-state index contributed by atoms with van der Waals surface area (Å²) in [6.07, 6.45) is 0.873. The lowest BCUT2D eigenvalue weighted by Gasteiger charge is -2.39. The summed E-state index contributed by atoms with van der Waals surface area (Å²) in [5.41, 5.74) is 0.807. The lowest BCUT2D eigenvalue weighted by atomic mass is 10.1. The Morgan fingerprint density at radius 3 is 2.83 bits per heavy atom. The molecule has 1 fully saturated rings. The summed E-state index contributed by atoms with van der Waals surface area (Å²) in [6.45, 7) is 7.90. The number of ether oxygens (including phenoxy) is 1. The smallest absolute Gasteiger partial charge is 0.318 e. The van der Waals surface area contributed by atoms with Crippen molar-refractivity contribution in [2.24, 2.45) is 0 Å². The molecule has 1 unspecified atom stereocenters. The van der Waals surface area contributed by atoms with Gasteiger partial charge in [0.2, 0.25) is 5.91 Å². The molecule has 1 heterocycles. The first-order valence-electron chi connectivity index (χ1n) is 8.17. The summed E-state index contributed by atoms with van der Waals surface area (Å²) in [5, 5.41) is 2.83. The van der Waals surface area contributed by atoms with E-state index < -0.39 is 6.04 Å². The largest absolute Gasteiger partial charge is 0.494 e. The van der Waals surface area contributed by atoms with E-state index in [1.165, 1.54) is 0 Å². The summed E-state index contributed by atoms with van der Waals surface area (Å²) in [6, 6.07) is 6.85. The first-order valence-corrected chi connectivity index (χ1v) is 8.17. The topological polar surface area (TPSA) is 61.9 Å². The third-order valence-electron chi connectivity index (χ3n) is 3.88. The molecule has 1 aromatic carbocycles. The zero-order valence-electron chi connectivity index (χ0n) is 14.0. The molecule has 126 valence electrons. The summed E-state index contributed by atoms with van der Waals surface area (Å²) in [7, 11) is 0. The van der Waals surface area contributed by atoms with E-state index in [9.17, 15) is 9.59 Å². The number of amides is 3. The van der Waals surface area contributed by atoms with Gasteiger partial charge >= 0.3 is 6.03 Å². The van der Waals surface area contributed by atoms with Crippen molar-refractivity contribution in [1.82, 2.24) is 10.2 Å². The van der Waals surface area contributed by atoms with Gasteiger partial charge in [0.15, 0.2) is 0 Å². The lowest BCUT2D eigenvalue weighted by Crippen LogP contribution is -2.59. The molecule has 1 aliphatic heterocycles. The molecule has 6 heteroatoms. The average molecular weight is 319 g/mol. The van der Waals surface area contributed by atoms with E-state index >= 15 is 0 Å². The fourth-order valence-electron chi connectivity index (χ4n) is 2.65. The van der Waals surface area contributed by atoms with Crippen molar-refractivity contribution in [2.75, 3.05) is 31.1 Å². The maximum atomic E-state index is 12.6. The number of anilines is 1. The van der Waals surface area contributed by atoms with E-state index in [1.807, 2.05) is 38.1 Å². The van der Waals surface area contributed by atoms with Gasteiger partial charge in [0.1, 0.15) is 11.8 Å². The Hall–Kier alpha value is -2.24. The minimum absolute atomic E-state index is 0.0726. The number of nitrogens with one attached hydrogen (secondary N) is 1. The molecule has 1 aromatic rings. The van der Waals surface area contributed by atoms with Crippen LogP contribution in [0.1, 0.15) is 27.2 Å². The molecule has 3 amide bonds. The average Bonchev–Trinajstić information content (AvgIpc) is 2.55. The number of carbonyl (C=O) groups excluding carboxylic acids is 2. The number of nitrogens with zero attached hydrogens (tertiary/aromatic N) is 2. The normalized spacial score (nSPS) is 18.0. The quantitative estimate of drug-likeness (QED) is 0.905. The number of carbonyl (C=O) groups is 2. The van der Waals surface area contributed by atoms with Crippen LogP contribution < -0.4 is 15.0 Å². The van der Waals surface area contributed by atoms with Crippen LogP contribution in [-0.4, -0.2) is 49.1 Å². The van der Waals surface area contributed by atoms with Crippen molar-refractivity contribution in [2.45, 2.75) is 33.2 Å². The van der Waals surface area contributed by atoms with Gasteiger partial charge in [0.05, 0.1) is 6.61 Å². The predicted molar refractivity (Wildman–Crippen MR) is 89.8 cm³/mol. The Balaban J connectivity index is 2.09. The molecule has 0 bridgehead atoms. The Morgan fingerprint density at radius 2 is 2.13 bits per heavy atom. The molecular weight excluding hydrogens is 294 g/mol. The fraction of sp³-hybridized carbons (Fsp3) is 0.529. The van der Waals surface area contributed by atoms with Gasteiger partial charge in [0, 0.05) is 31.4 Å². The predicted octanol–water partition coefficient (Wildman–Crippen LogP) is 2.24. The standard InChI is InChI=1S/C17H25N3O3/c1-4-9-18-17(22)19-10-11-20(16(21)13(19)3)14-7-6-8-15(12-14)23-5-2/h6-8,12-13H,4-5,9-11H2,1-3H3,(H,18,22). The van der Waals surface area contributed by atoms with E-state index in [2.05, 4.69) is 5.32 Å². The van der Waals surface area contributed by atoms with E-state index in [1.54, 1.807) is 16.7 Å². The third kappa shape index (κ3) is 3.94. The highest BCUT2D eigenvalue weighted by Gasteiger charge is 2.34. The van der Waals surface area contributed by atoms with Crippen molar-refractivity contribution >= 4 is 17.6 Å². The summed E-state index contributed by atoms with van der Waals surface area (Å²) < 4.78 is 5.49. The van der Waals surface area contributed by atoms with E-state index in [0.717, 1.165) is 17.9 Å². The second-order valence-corrected chi connectivity index (χ2v) is 5.52. The number of urea groups is 1. The van der Waals surface area contributed by atoms with Crippen molar-refractivity contribution < 1.29 is 14.3 Å². The first kappa shape index (κ1) is 17.1. The van der Waals surface area contributed by atoms with Gasteiger partial charge < -0.3 is 19.9 Å². The minimum Gasteiger partial charge on any atom is -0.494 e. The van der Waals surface area contributed by atoms with Gasteiger partial charge in [-0.3, -0.25) is 4.79 Å². The van der Waals surface area contributed by atoms with E-state index in [0.29, 0.717) is 26.2 Å². The summed E-state index contributed by atoms with van der Waals surface area (Å²) in [4.78, 5) is 28.1. The monoisotopic (exact) mass is 319 g/mol. The van der Waals surface area contributed by atoms with Gasteiger partial charge in [-0.25, -0.2) is 4.79 Å². The van der Waals surface area contributed by atoms with Gasteiger partial charge in [-0.2, -0.15) is 0 Å². The van der Waals surface area contributed by atoms with Gasteiger partial charge in [-0.15, -0.1) is 0 Å². The lowest BCUT2D eigenvalue weighted by molar-refractivity contribution is -0.124. The molecule has 1 N–H and O–H groups in total. The van der Waals surface area contributed by atoms with Crippen LogP contribution in [0.15, 0.2) is 24.3 Å². The number of hydrogen-bond acceptors (Lipinski definition) is 3. The molecule has 1 aliphatic rings. The van der Waals surface area contributed by atoms with Crippen LogP contribution in [0.25, 0.3) is 0 Å². The van der Waals surface area contributed by atoms with Gasteiger partial charge in [0.25, 0.3) is 0 Å². The molecule has 1 atom stereocenters. The van der Waals surface area contributed by atoms with Crippen molar-refractivity contribution in [3.8, 4) is 5.75 Å². The summed E-state index contributed by atoms with van der Waals surface area (Å²) in [5.74, 6) is 0.671. The molecule has 0 aliphatic carbocycles. The fourth-order valence-corrected chi connectivity index (χ4v) is 2.65. The Kier molecular flexibility index (Phi) is 5.84. The number of piperazine rings is 1. The molecular formula is C17H25N3O3. The second kappa shape index (κ2) is 7.85. The molecule has 23 heavy (non-hydrogen) atoms.